The largest absolute Gasteiger partial charge is 0.331 e. The first-order chi connectivity index (χ1) is 11.1. The van der Waals surface area contributed by atoms with E-state index in [1.165, 1.54) is 11.3 Å². The van der Waals surface area contributed by atoms with Crippen LogP contribution in [0.1, 0.15) is 38.2 Å². The van der Waals surface area contributed by atoms with Gasteiger partial charge in [-0.15, -0.1) is 0 Å². The van der Waals surface area contributed by atoms with Crippen LogP contribution in [0.3, 0.4) is 0 Å². The van der Waals surface area contributed by atoms with Gasteiger partial charge in [-0.3, -0.25) is 9.59 Å². The number of aromatic nitrogens is 1. The molecule has 0 spiro atoms. The fourth-order valence-corrected chi connectivity index (χ4v) is 3.85. The van der Waals surface area contributed by atoms with Crippen molar-refractivity contribution in [1.82, 2.24) is 9.88 Å². The molecule has 1 N–H and O–H groups in total. The van der Waals surface area contributed by atoms with Gasteiger partial charge in [0.2, 0.25) is 11.8 Å². The number of carbonyl (C=O) groups is 2. The topological polar surface area (TPSA) is 62.3 Å². The van der Waals surface area contributed by atoms with Crippen LogP contribution >= 0.6 is 11.3 Å². The normalized spacial score (nSPS) is 17.1. The Kier molecular flexibility index (Phi) is 4.61. The number of benzene rings is 1. The number of para-hydroxylation sites is 1. The van der Waals surface area contributed by atoms with Gasteiger partial charge >= 0.3 is 0 Å². The van der Waals surface area contributed by atoms with Crippen LogP contribution in [-0.2, 0) is 9.59 Å². The lowest BCUT2D eigenvalue weighted by Gasteiger charge is -2.26. The first-order valence-electron chi connectivity index (χ1n) is 8.03. The van der Waals surface area contributed by atoms with Gasteiger partial charge in [0, 0.05) is 13.0 Å². The summed E-state index contributed by atoms with van der Waals surface area (Å²) >= 11 is 1.46. The van der Waals surface area contributed by atoms with Crippen LogP contribution < -0.4 is 5.32 Å². The van der Waals surface area contributed by atoms with Crippen molar-refractivity contribution in [3.05, 3.63) is 23.8 Å². The molecule has 1 aromatic carbocycles. The second kappa shape index (κ2) is 6.66. The number of nitrogens with one attached hydrogen (secondary N) is 1. The van der Waals surface area contributed by atoms with E-state index in [2.05, 4.69) is 10.3 Å². The lowest BCUT2D eigenvalue weighted by atomic mass is 10.2. The highest BCUT2D eigenvalue weighted by Crippen LogP contribution is 2.28. The molecule has 3 rings (SSSR count). The molecule has 1 fully saturated rings. The van der Waals surface area contributed by atoms with E-state index in [1.807, 2.05) is 25.1 Å². The van der Waals surface area contributed by atoms with Crippen molar-refractivity contribution in [2.45, 2.75) is 45.6 Å². The third-order valence-corrected chi connectivity index (χ3v) is 5.24. The number of hydrogen-bond acceptors (Lipinski definition) is 4. The number of thiazole rings is 1. The summed E-state index contributed by atoms with van der Waals surface area (Å²) in [5.41, 5.74) is 2.02. The molecule has 2 aromatic rings. The van der Waals surface area contributed by atoms with Crippen LogP contribution in [0.2, 0.25) is 0 Å². The highest BCUT2D eigenvalue weighted by molar-refractivity contribution is 7.22. The molecule has 0 saturated carbocycles. The molecule has 5 nitrogen and oxygen atoms in total. The van der Waals surface area contributed by atoms with Gasteiger partial charge in [0.15, 0.2) is 5.13 Å². The van der Waals surface area contributed by atoms with Crippen molar-refractivity contribution in [2.24, 2.45) is 0 Å². The van der Waals surface area contributed by atoms with Crippen LogP contribution in [-0.4, -0.2) is 34.3 Å². The van der Waals surface area contributed by atoms with E-state index in [0.29, 0.717) is 18.1 Å². The third-order valence-electron chi connectivity index (χ3n) is 4.31. The molecule has 2 heterocycles. The Morgan fingerprint density at radius 3 is 2.96 bits per heavy atom. The third kappa shape index (κ3) is 3.37. The fraction of sp³-hybridized carbons (Fsp3) is 0.471. The lowest BCUT2D eigenvalue weighted by Crippen LogP contribution is -2.45. The zero-order chi connectivity index (χ0) is 16.4. The van der Waals surface area contributed by atoms with Gasteiger partial charge < -0.3 is 10.2 Å². The van der Waals surface area contributed by atoms with Crippen molar-refractivity contribution in [3.8, 4) is 0 Å². The molecule has 1 aliphatic rings. The van der Waals surface area contributed by atoms with Gasteiger partial charge in [-0.05, 0) is 38.3 Å². The molecule has 2 amide bonds. The van der Waals surface area contributed by atoms with E-state index in [1.54, 1.807) is 11.8 Å². The number of hydrogen-bond donors (Lipinski definition) is 1. The predicted molar refractivity (Wildman–Crippen MR) is 92.6 cm³/mol. The Bertz CT molecular complexity index is 741. The summed E-state index contributed by atoms with van der Waals surface area (Å²) in [5, 5.41) is 3.46. The molecule has 23 heavy (non-hydrogen) atoms. The van der Waals surface area contributed by atoms with Crippen LogP contribution in [0.15, 0.2) is 18.2 Å². The smallest absolute Gasteiger partial charge is 0.248 e. The van der Waals surface area contributed by atoms with Crippen LogP contribution in [0, 0.1) is 6.92 Å². The molecule has 6 heteroatoms. The van der Waals surface area contributed by atoms with E-state index >= 15 is 0 Å². The van der Waals surface area contributed by atoms with Gasteiger partial charge in [-0.25, -0.2) is 4.98 Å². The molecule has 1 aliphatic heterocycles. The molecule has 0 bridgehead atoms. The maximum atomic E-state index is 12.5. The maximum Gasteiger partial charge on any atom is 0.248 e. The Labute approximate surface area is 139 Å². The molecule has 122 valence electrons. The zero-order valence-corrected chi connectivity index (χ0v) is 14.3. The predicted octanol–water partition coefficient (Wildman–Crippen LogP) is 3.33. The average molecular weight is 331 g/mol. The van der Waals surface area contributed by atoms with Gasteiger partial charge in [-0.2, -0.15) is 0 Å². The number of amides is 2. The zero-order valence-electron chi connectivity index (χ0n) is 13.5. The number of aryl methyl sites for hydroxylation is 1. The summed E-state index contributed by atoms with van der Waals surface area (Å²) < 4.78 is 1.05. The second-order valence-corrected chi connectivity index (χ2v) is 7.03. The van der Waals surface area contributed by atoms with E-state index in [4.69, 9.17) is 0 Å². The number of fused-ring (bicyclic) bond motifs is 1. The first kappa shape index (κ1) is 15.9. The van der Waals surface area contributed by atoms with Crippen molar-refractivity contribution in [2.75, 3.05) is 11.9 Å². The summed E-state index contributed by atoms with van der Waals surface area (Å²) in [6, 6.07) is 5.53. The SMILES string of the molecule is Cc1cccc2sc(NC(=O)[C@H](C)N3CCCCCC3=O)nc12. The van der Waals surface area contributed by atoms with E-state index in [0.717, 1.165) is 35.0 Å². The first-order valence-corrected chi connectivity index (χ1v) is 8.84. The van der Waals surface area contributed by atoms with E-state index in [-0.39, 0.29) is 11.8 Å². The van der Waals surface area contributed by atoms with Gasteiger partial charge in [-0.1, -0.05) is 29.9 Å². The maximum absolute atomic E-state index is 12.5. The Hall–Kier alpha value is -1.95. The molecular weight excluding hydrogens is 310 g/mol. The molecule has 1 atom stereocenters. The van der Waals surface area contributed by atoms with Crippen LogP contribution in [0.4, 0.5) is 5.13 Å². The van der Waals surface area contributed by atoms with Crippen molar-refractivity contribution < 1.29 is 9.59 Å². The standard InChI is InChI=1S/C17H21N3O2S/c1-11-7-6-8-13-15(11)18-17(23-13)19-16(22)12(2)20-10-5-3-4-9-14(20)21/h6-8,12H,3-5,9-10H2,1-2H3,(H,18,19,22)/t12-/m0/s1. The second-order valence-electron chi connectivity index (χ2n) is 6.00. The van der Waals surface area contributed by atoms with Crippen LogP contribution in [0.5, 0.6) is 0 Å². The molecule has 1 aromatic heterocycles. The highest BCUT2D eigenvalue weighted by Gasteiger charge is 2.27. The summed E-state index contributed by atoms with van der Waals surface area (Å²) in [5.74, 6) is -0.0951. The Morgan fingerprint density at radius 2 is 2.17 bits per heavy atom. The number of nitrogens with zero attached hydrogens (tertiary/aromatic N) is 2. The molecule has 0 radical (unpaired) electrons. The van der Waals surface area contributed by atoms with Crippen LogP contribution in [0.25, 0.3) is 10.2 Å². The average Bonchev–Trinajstić information content (AvgIpc) is 2.81. The fourth-order valence-electron chi connectivity index (χ4n) is 2.90. The summed E-state index contributed by atoms with van der Waals surface area (Å²) in [6.07, 6.45) is 3.47. The highest BCUT2D eigenvalue weighted by atomic mass is 32.1. The number of anilines is 1. The molecule has 0 unspecified atom stereocenters. The number of carbonyl (C=O) groups excluding carboxylic acids is 2. The summed E-state index contributed by atoms with van der Waals surface area (Å²) in [7, 11) is 0. The Morgan fingerprint density at radius 1 is 1.35 bits per heavy atom. The minimum absolute atomic E-state index is 0.0743. The summed E-state index contributed by atoms with van der Waals surface area (Å²) in [6.45, 7) is 4.45. The minimum atomic E-state index is -0.464. The molecule has 1 saturated heterocycles. The van der Waals surface area contributed by atoms with E-state index < -0.39 is 6.04 Å². The van der Waals surface area contributed by atoms with Crippen molar-refractivity contribution >= 4 is 38.5 Å². The van der Waals surface area contributed by atoms with Gasteiger partial charge in [0.05, 0.1) is 10.2 Å². The number of likely N-dealkylation sites (tertiary alicyclic amines) is 1. The quantitative estimate of drug-likeness (QED) is 0.938. The number of rotatable bonds is 3. The van der Waals surface area contributed by atoms with Gasteiger partial charge in [0.25, 0.3) is 0 Å². The molecular formula is C17H21N3O2S. The monoisotopic (exact) mass is 331 g/mol. The summed E-state index contributed by atoms with van der Waals surface area (Å²) in [4.78, 5) is 30.8. The van der Waals surface area contributed by atoms with Crippen molar-refractivity contribution in [3.63, 3.8) is 0 Å². The lowest BCUT2D eigenvalue weighted by molar-refractivity contribution is -0.137. The van der Waals surface area contributed by atoms with E-state index in [9.17, 15) is 9.59 Å². The van der Waals surface area contributed by atoms with Gasteiger partial charge in [0.1, 0.15) is 6.04 Å². The van der Waals surface area contributed by atoms with Crippen molar-refractivity contribution in [1.29, 1.82) is 0 Å². The molecule has 0 aliphatic carbocycles. The Balaban J connectivity index is 1.74. The minimum Gasteiger partial charge on any atom is -0.331 e.